The first kappa shape index (κ1) is 13.5. The van der Waals surface area contributed by atoms with Gasteiger partial charge in [-0.1, -0.05) is 18.3 Å². The van der Waals surface area contributed by atoms with E-state index in [0.717, 1.165) is 54.6 Å². The molecule has 0 spiro atoms. The quantitative estimate of drug-likeness (QED) is 0.769. The van der Waals surface area contributed by atoms with Crippen LogP contribution in [0.2, 0.25) is 0 Å². The summed E-state index contributed by atoms with van der Waals surface area (Å²) in [5, 5.41) is 0.944. The molecular weight excluding hydrogens is 248 g/mol. The summed E-state index contributed by atoms with van der Waals surface area (Å²) in [6.45, 7) is 4.72. The van der Waals surface area contributed by atoms with E-state index in [2.05, 4.69) is 9.88 Å². The summed E-state index contributed by atoms with van der Waals surface area (Å²) < 4.78 is 5.49. The average molecular weight is 268 g/mol. The molecule has 1 atom stereocenters. The first-order chi connectivity index (χ1) is 8.74. The fourth-order valence-electron chi connectivity index (χ4n) is 2.28. The third kappa shape index (κ3) is 3.09. The minimum atomic E-state index is 0.581. The smallest absolute Gasteiger partial charge is 0.185 e. The third-order valence-electron chi connectivity index (χ3n) is 3.27. The highest BCUT2D eigenvalue weighted by Crippen LogP contribution is 2.26. The summed E-state index contributed by atoms with van der Waals surface area (Å²) in [6.07, 6.45) is 4.09. The van der Waals surface area contributed by atoms with Crippen molar-refractivity contribution in [3.8, 4) is 0 Å². The maximum atomic E-state index is 10.9. The summed E-state index contributed by atoms with van der Waals surface area (Å²) in [7, 11) is 2.04. The maximum Gasteiger partial charge on any atom is 0.185 e. The summed E-state index contributed by atoms with van der Waals surface area (Å²) >= 11 is 1.49. The fraction of sp³-hybridized carbons (Fsp3) is 0.692. The number of ether oxygens (including phenoxy) is 1. The van der Waals surface area contributed by atoms with Crippen LogP contribution in [0.1, 0.15) is 35.1 Å². The summed E-state index contributed by atoms with van der Waals surface area (Å²) in [6, 6.07) is 0. The Morgan fingerprint density at radius 3 is 3.00 bits per heavy atom. The van der Waals surface area contributed by atoms with Gasteiger partial charge in [-0.25, -0.2) is 4.98 Å². The minimum Gasteiger partial charge on any atom is -0.381 e. The van der Waals surface area contributed by atoms with Crippen LogP contribution < -0.4 is 4.90 Å². The maximum absolute atomic E-state index is 10.9. The molecule has 1 saturated heterocycles. The van der Waals surface area contributed by atoms with Gasteiger partial charge in [-0.2, -0.15) is 0 Å². The predicted molar refractivity (Wildman–Crippen MR) is 73.7 cm³/mol. The van der Waals surface area contributed by atoms with E-state index in [0.29, 0.717) is 5.92 Å². The molecule has 1 aliphatic rings. The Morgan fingerprint density at radius 2 is 2.44 bits per heavy atom. The van der Waals surface area contributed by atoms with Crippen LogP contribution in [0.5, 0.6) is 0 Å². The standard InChI is InChI=1S/C13H20N2O2S/c1-3-11-12(8-16)18-13(14-11)15(2)7-10-5-4-6-17-9-10/h8,10H,3-7,9H2,1-2H3. The molecule has 0 saturated carbocycles. The average Bonchev–Trinajstić information content (AvgIpc) is 2.83. The van der Waals surface area contributed by atoms with Crippen molar-refractivity contribution in [1.82, 2.24) is 4.98 Å². The molecule has 0 bridgehead atoms. The van der Waals surface area contributed by atoms with E-state index in [4.69, 9.17) is 4.74 Å². The van der Waals surface area contributed by atoms with Crippen LogP contribution in [0.15, 0.2) is 0 Å². The van der Waals surface area contributed by atoms with Crippen LogP contribution in [0, 0.1) is 5.92 Å². The van der Waals surface area contributed by atoms with Gasteiger partial charge in [0.05, 0.1) is 17.2 Å². The van der Waals surface area contributed by atoms with Gasteiger partial charge >= 0.3 is 0 Å². The van der Waals surface area contributed by atoms with Gasteiger partial charge in [0.25, 0.3) is 0 Å². The number of aryl methyl sites for hydroxylation is 1. The van der Waals surface area contributed by atoms with E-state index in [9.17, 15) is 4.79 Å². The Labute approximate surface area is 112 Å². The molecule has 0 radical (unpaired) electrons. The SMILES string of the molecule is CCc1nc(N(C)CC2CCCOC2)sc1C=O. The highest BCUT2D eigenvalue weighted by molar-refractivity contribution is 7.17. The Hall–Kier alpha value is -0.940. The molecule has 2 rings (SSSR count). The Balaban J connectivity index is 2.01. The number of aldehydes is 1. The van der Waals surface area contributed by atoms with Crippen molar-refractivity contribution in [2.45, 2.75) is 26.2 Å². The van der Waals surface area contributed by atoms with Gasteiger partial charge < -0.3 is 9.64 Å². The zero-order valence-electron chi connectivity index (χ0n) is 11.0. The highest BCUT2D eigenvalue weighted by Gasteiger charge is 2.18. The molecule has 18 heavy (non-hydrogen) atoms. The second kappa shape index (κ2) is 6.29. The van der Waals surface area contributed by atoms with Crippen molar-refractivity contribution >= 4 is 22.8 Å². The summed E-state index contributed by atoms with van der Waals surface area (Å²) in [5.74, 6) is 0.581. The van der Waals surface area contributed by atoms with Gasteiger partial charge in [-0.3, -0.25) is 4.79 Å². The molecule has 100 valence electrons. The summed E-state index contributed by atoms with van der Waals surface area (Å²) in [5.41, 5.74) is 0.914. The van der Waals surface area contributed by atoms with E-state index < -0.39 is 0 Å². The number of carbonyl (C=O) groups is 1. The van der Waals surface area contributed by atoms with E-state index >= 15 is 0 Å². The normalized spacial score (nSPS) is 19.8. The number of aromatic nitrogens is 1. The van der Waals surface area contributed by atoms with Gasteiger partial charge in [-0.05, 0) is 25.2 Å². The van der Waals surface area contributed by atoms with Gasteiger partial charge in [0, 0.05) is 20.2 Å². The molecular formula is C13H20N2O2S. The van der Waals surface area contributed by atoms with E-state index in [1.54, 1.807) is 0 Å². The highest BCUT2D eigenvalue weighted by atomic mass is 32.1. The molecule has 0 aromatic carbocycles. The fourth-order valence-corrected chi connectivity index (χ4v) is 3.21. The number of hydrogen-bond donors (Lipinski definition) is 0. The predicted octanol–water partition coefficient (Wildman–Crippen LogP) is 2.38. The number of rotatable bonds is 5. The lowest BCUT2D eigenvalue weighted by Gasteiger charge is -2.26. The zero-order valence-corrected chi connectivity index (χ0v) is 11.8. The van der Waals surface area contributed by atoms with E-state index in [1.165, 1.54) is 17.8 Å². The largest absolute Gasteiger partial charge is 0.381 e. The van der Waals surface area contributed by atoms with Crippen LogP contribution in [0.4, 0.5) is 5.13 Å². The number of nitrogens with zero attached hydrogens (tertiary/aromatic N) is 2. The van der Waals surface area contributed by atoms with Gasteiger partial charge in [-0.15, -0.1) is 0 Å². The molecule has 4 nitrogen and oxygen atoms in total. The summed E-state index contributed by atoms with van der Waals surface area (Å²) in [4.78, 5) is 18.4. The zero-order chi connectivity index (χ0) is 13.0. The van der Waals surface area contributed by atoms with Crippen LogP contribution in [-0.4, -0.2) is 38.1 Å². The lowest BCUT2D eigenvalue weighted by molar-refractivity contribution is 0.0576. The van der Waals surface area contributed by atoms with Crippen molar-refractivity contribution in [2.75, 3.05) is 31.7 Å². The minimum absolute atomic E-state index is 0.581. The van der Waals surface area contributed by atoms with Gasteiger partial charge in [0.1, 0.15) is 0 Å². The second-order valence-corrected chi connectivity index (χ2v) is 5.75. The molecule has 5 heteroatoms. The van der Waals surface area contributed by atoms with Gasteiger partial charge in [0.2, 0.25) is 0 Å². The van der Waals surface area contributed by atoms with Crippen molar-refractivity contribution in [3.05, 3.63) is 10.6 Å². The molecule has 1 aromatic heterocycles. The monoisotopic (exact) mass is 268 g/mol. The molecule has 0 aliphatic carbocycles. The van der Waals surface area contributed by atoms with Crippen LogP contribution in [0.3, 0.4) is 0 Å². The Morgan fingerprint density at radius 1 is 1.61 bits per heavy atom. The number of hydrogen-bond acceptors (Lipinski definition) is 5. The third-order valence-corrected chi connectivity index (χ3v) is 4.41. The molecule has 2 heterocycles. The molecule has 1 aromatic rings. The second-order valence-electron chi connectivity index (χ2n) is 4.74. The number of thiazole rings is 1. The molecule has 1 unspecified atom stereocenters. The number of carbonyl (C=O) groups excluding carboxylic acids is 1. The molecule has 0 amide bonds. The van der Waals surface area contributed by atoms with Gasteiger partial charge in [0.15, 0.2) is 11.4 Å². The molecule has 1 aliphatic heterocycles. The van der Waals surface area contributed by atoms with Crippen molar-refractivity contribution in [3.63, 3.8) is 0 Å². The van der Waals surface area contributed by atoms with E-state index in [-0.39, 0.29) is 0 Å². The van der Waals surface area contributed by atoms with Crippen molar-refractivity contribution in [2.24, 2.45) is 5.92 Å². The number of anilines is 1. The Kier molecular flexibility index (Phi) is 4.72. The lowest BCUT2D eigenvalue weighted by Crippen LogP contribution is -2.30. The van der Waals surface area contributed by atoms with Crippen LogP contribution in [-0.2, 0) is 11.2 Å². The molecule has 1 fully saturated rings. The lowest BCUT2D eigenvalue weighted by atomic mass is 10.0. The first-order valence-electron chi connectivity index (χ1n) is 6.48. The van der Waals surface area contributed by atoms with Crippen molar-refractivity contribution in [1.29, 1.82) is 0 Å². The van der Waals surface area contributed by atoms with E-state index in [1.807, 2.05) is 14.0 Å². The molecule has 0 N–H and O–H groups in total. The van der Waals surface area contributed by atoms with Crippen LogP contribution in [0.25, 0.3) is 0 Å². The first-order valence-corrected chi connectivity index (χ1v) is 7.30. The topological polar surface area (TPSA) is 42.4 Å². The van der Waals surface area contributed by atoms with Crippen molar-refractivity contribution < 1.29 is 9.53 Å². The van der Waals surface area contributed by atoms with Crippen LogP contribution >= 0.6 is 11.3 Å². The Bertz CT molecular complexity index is 400.